The zero-order valence-electron chi connectivity index (χ0n) is 11.6. The second-order valence-corrected chi connectivity index (χ2v) is 7.19. The molecule has 1 aromatic rings. The van der Waals surface area contributed by atoms with E-state index in [1.54, 1.807) is 16.4 Å². The smallest absolute Gasteiger partial charge is 0.246 e. The van der Waals surface area contributed by atoms with Crippen LogP contribution in [0.1, 0.15) is 32.6 Å². The minimum Gasteiger partial charge on any atom is -0.492 e. The minimum atomic E-state index is -3.54. The van der Waals surface area contributed by atoms with Crippen molar-refractivity contribution < 1.29 is 13.2 Å². The molecule has 0 N–H and O–H groups in total. The highest BCUT2D eigenvalue weighted by molar-refractivity contribution is 7.89. The van der Waals surface area contributed by atoms with E-state index in [0.29, 0.717) is 30.5 Å². The van der Waals surface area contributed by atoms with Crippen LogP contribution in [0.5, 0.6) is 5.75 Å². The monoisotopic (exact) mass is 317 g/mol. The Balaban J connectivity index is 2.39. The minimum absolute atomic E-state index is 0.175. The summed E-state index contributed by atoms with van der Waals surface area (Å²) in [6.07, 6.45) is 3.98. The highest BCUT2D eigenvalue weighted by Crippen LogP contribution is 2.31. The molecule has 0 spiro atoms. The van der Waals surface area contributed by atoms with Crippen molar-refractivity contribution in [2.75, 3.05) is 19.7 Å². The molecule has 0 aliphatic carbocycles. The van der Waals surface area contributed by atoms with E-state index >= 15 is 0 Å². The lowest BCUT2D eigenvalue weighted by Gasteiger charge is -2.21. The predicted molar refractivity (Wildman–Crippen MR) is 79.8 cm³/mol. The summed E-state index contributed by atoms with van der Waals surface area (Å²) in [4.78, 5) is 0.175. The standard InChI is InChI=1S/C14H20ClNO3S/c1-2-19-13-8-7-12(15)11-14(13)20(17,18)16-9-5-3-4-6-10-16/h7-8,11H,2-6,9-10H2,1H3. The molecule has 1 fully saturated rings. The van der Waals surface area contributed by atoms with E-state index in [4.69, 9.17) is 16.3 Å². The van der Waals surface area contributed by atoms with Crippen molar-refractivity contribution in [3.05, 3.63) is 23.2 Å². The third-order valence-corrected chi connectivity index (χ3v) is 5.54. The van der Waals surface area contributed by atoms with Crippen molar-refractivity contribution in [2.24, 2.45) is 0 Å². The van der Waals surface area contributed by atoms with E-state index in [-0.39, 0.29) is 4.90 Å². The van der Waals surface area contributed by atoms with Gasteiger partial charge < -0.3 is 4.74 Å². The van der Waals surface area contributed by atoms with Crippen LogP contribution in [-0.4, -0.2) is 32.4 Å². The van der Waals surface area contributed by atoms with Crippen LogP contribution in [0.15, 0.2) is 23.1 Å². The summed E-state index contributed by atoms with van der Waals surface area (Å²) in [5.74, 6) is 0.376. The van der Waals surface area contributed by atoms with Gasteiger partial charge in [0.15, 0.2) is 0 Å². The Morgan fingerprint density at radius 2 is 1.85 bits per heavy atom. The molecular formula is C14H20ClNO3S. The van der Waals surface area contributed by atoms with Gasteiger partial charge in [0, 0.05) is 18.1 Å². The molecule has 0 saturated carbocycles. The Labute approximate surface area is 125 Å². The number of hydrogen-bond donors (Lipinski definition) is 0. The first-order chi connectivity index (χ1) is 9.55. The summed E-state index contributed by atoms with van der Waals surface area (Å²) in [7, 11) is -3.54. The number of benzene rings is 1. The van der Waals surface area contributed by atoms with Crippen LogP contribution in [0.25, 0.3) is 0 Å². The highest BCUT2D eigenvalue weighted by Gasteiger charge is 2.28. The van der Waals surface area contributed by atoms with Crippen LogP contribution < -0.4 is 4.74 Å². The summed E-state index contributed by atoms with van der Waals surface area (Å²) < 4.78 is 32.5. The molecule has 112 valence electrons. The van der Waals surface area contributed by atoms with Gasteiger partial charge in [0.25, 0.3) is 0 Å². The van der Waals surface area contributed by atoms with Crippen molar-refractivity contribution in [3.8, 4) is 5.75 Å². The third kappa shape index (κ3) is 3.45. The predicted octanol–water partition coefficient (Wildman–Crippen LogP) is 3.30. The van der Waals surface area contributed by atoms with Crippen molar-refractivity contribution in [1.82, 2.24) is 4.31 Å². The molecule has 0 radical (unpaired) electrons. The second kappa shape index (κ2) is 6.78. The van der Waals surface area contributed by atoms with E-state index in [1.807, 2.05) is 6.92 Å². The van der Waals surface area contributed by atoms with Gasteiger partial charge in [0.2, 0.25) is 10.0 Å². The van der Waals surface area contributed by atoms with E-state index < -0.39 is 10.0 Å². The summed E-state index contributed by atoms with van der Waals surface area (Å²) in [5.41, 5.74) is 0. The molecule has 4 nitrogen and oxygen atoms in total. The van der Waals surface area contributed by atoms with Crippen molar-refractivity contribution >= 4 is 21.6 Å². The Morgan fingerprint density at radius 3 is 2.45 bits per heavy atom. The molecule has 0 bridgehead atoms. The molecule has 0 atom stereocenters. The number of halogens is 1. The normalized spacial score (nSPS) is 17.7. The largest absolute Gasteiger partial charge is 0.492 e. The Hall–Kier alpha value is -0.780. The average molecular weight is 318 g/mol. The van der Waals surface area contributed by atoms with E-state index in [0.717, 1.165) is 25.7 Å². The van der Waals surface area contributed by atoms with Gasteiger partial charge in [-0.3, -0.25) is 0 Å². The fourth-order valence-corrected chi connectivity index (χ4v) is 4.29. The van der Waals surface area contributed by atoms with Crippen LogP contribution in [0.3, 0.4) is 0 Å². The summed E-state index contributed by atoms with van der Waals surface area (Å²) in [5, 5.41) is 0.404. The van der Waals surface area contributed by atoms with Crippen LogP contribution in [0.2, 0.25) is 5.02 Å². The molecule has 2 rings (SSSR count). The first-order valence-corrected chi connectivity index (χ1v) is 8.80. The van der Waals surface area contributed by atoms with Crippen LogP contribution in [-0.2, 0) is 10.0 Å². The summed E-state index contributed by atoms with van der Waals surface area (Å²) in [6.45, 7) is 3.39. The van der Waals surface area contributed by atoms with E-state index in [9.17, 15) is 8.42 Å². The Morgan fingerprint density at radius 1 is 1.20 bits per heavy atom. The second-order valence-electron chi connectivity index (χ2n) is 4.84. The highest BCUT2D eigenvalue weighted by atomic mass is 35.5. The van der Waals surface area contributed by atoms with Gasteiger partial charge in [-0.1, -0.05) is 24.4 Å². The summed E-state index contributed by atoms with van der Waals surface area (Å²) >= 11 is 5.96. The van der Waals surface area contributed by atoms with Gasteiger partial charge in [-0.25, -0.2) is 8.42 Å². The Bertz CT molecular complexity index is 552. The SMILES string of the molecule is CCOc1ccc(Cl)cc1S(=O)(=O)N1CCCCCC1. The quantitative estimate of drug-likeness (QED) is 0.856. The number of nitrogens with zero attached hydrogens (tertiary/aromatic N) is 1. The van der Waals surface area contributed by atoms with Gasteiger partial charge in [0.1, 0.15) is 10.6 Å². The van der Waals surface area contributed by atoms with Gasteiger partial charge in [-0.2, -0.15) is 4.31 Å². The first kappa shape index (κ1) is 15.6. The molecule has 1 aromatic carbocycles. The van der Waals surface area contributed by atoms with E-state index in [1.165, 1.54) is 6.07 Å². The molecule has 0 aromatic heterocycles. The number of hydrogen-bond acceptors (Lipinski definition) is 3. The van der Waals surface area contributed by atoms with Gasteiger partial charge in [-0.15, -0.1) is 0 Å². The zero-order valence-corrected chi connectivity index (χ0v) is 13.2. The van der Waals surface area contributed by atoms with Crippen LogP contribution in [0.4, 0.5) is 0 Å². The van der Waals surface area contributed by atoms with Gasteiger partial charge in [0.05, 0.1) is 6.61 Å². The Kier molecular flexibility index (Phi) is 5.29. The summed E-state index contributed by atoms with van der Waals surface area (Å²) in [6, 6.07) is 4.75. The number of ether oxygens (including phenoxy) is 1. The molecule has 1 saturated heterocycles. The van der Waals surface area contributed by atoms with Crippen LogP contribution >= 0.6 is 11.6 Å². The molecule has 20 heavy (non-hydrogen) atoms. The lowest BCUT2D eigenvalue weighted by Crippen LogP contribution is -2.32. The van der Waals surface area contributed by atoms with Gasteiger partial charge >= 0.3 is 0 Å². The number of sulfonamides is 1. The topological polar surface area (TPSA) is 46.6 Å². The van der Waals surface area contributed by atoms with Crippen molar-refractivity contribution in [2.45, 2.75) is 37.5 Å². The maximum absolute atomic E-state index is 12.8. The molecule has 1 aliphatic rings. The van der Waals surface area contributed by atoms with E-state index in [2.05, 4.69) is 0 Å². The first-order valence-electron chi connectivity index (χ1n) is 6.98. The molecule has 6 heteroatoms. The molecule has 0 unspecified atom stereocenters. The molecule has 0 amide bonds. The molecule has 1 heterocycles. The van der Waals surface area contributed by atoms with Crippen LogP contribution in [0, 0.1) is 0 Å². The third-order valence-electron chi connectivity index (χ3n) is 3.39. The fraction of sp³-hybridized carbons (Fsp3) is 0.571. The number of rotatable bonds is 4. The lowest BCUT2D eigenvalue weighted by molar-refractivity contribution is 0.329. The van der Waals surface area contributed by atoms with Crippen molar-refractivity contribution in [1.29, 1.82) is 0 Å². The maximum Gasteiger partial charge on any atom is 0.246 e. The maximum atomic E-state index is 12.8. The molecule has 1 aliphatic heterocycles. The lowest BCUT2D eigenvalue weighted by atomic mass is 10.2. The van der Waals surface area contributed by atoms with Gasteiger partial charge in [-0.05, 0) is 38.0 Å². The zero-order chi connectivity index (χ0) is 14.6. The fourth-order valence-electron chi connectivity index (χ4n) is 2.38. The average Bonchev–Trinajstić information content (AvgIpc) is 2.70. The van der Waals surface area contributed by atoms with Crippen molar-refractivity contribution in [3.63, 3.8) is 0 Å². The molecular weight excluding hydrogens is 298 g/mol.